The third-order valence-electron chi connectivity index (χ3n) is 3.87. The number of hydrogen-bond acceptors (Lipinski definition) is 4. The summed E-state index contributed by atoms with van der Waals surface area (Å²) in [5.41, 5.74) is 2.12. The first-order chi connectivity index (χ1) is 11.9. The van der Waals surface area contributed by atoms with E-state index in [-0.39, 0.29) is 11.8 Å². The average Bonchev–Trinajstić information content (AvgIpc) is 3.18. The van der Waals surface area contributed by atoms with Gasteiger partial charge >= 0.3 is 0 Å². The number of thiophene rings is 1. The molecule has 2 amide bonds. The zero-order chi connectivity index (χ0) is 18.1. The van der Waals surface area contributed by atoms with Crippen LogP contribution in [0.15, 0.2) is 29.2 Å². The maximum absolute atomic E-state index is 12.7. The second-order valence-corrected chi connectivity index (χ2v) is 8.64. The molecule has 2 heterocycles. The van der Waals surface area contributed by atoms with Crippen molar-refractivity contribution in [2.24, 2.45) is 0 Å². The van der Waals surface area contributed by atoms with Crippen molar-refractivity contribution in [2.75, 3.05) is 19.4 Å². The number of nitrogens with zero attached hydrogens (tertiary/aromatic N) is 1. The van der Waals surface area contributed by atoms with Crippen molar-refractivity contribution >= 4 is 39.8 Å². The maximum atomic E-state index is 12.7. The number of fused-ring (bicyclic) bond motifs is 1. The highest BCUT2D eigenvalue weighted by Crippen LogP contribution is 2.28. The van der Waals surface area contributed by atoms with Crippen LogP contribution >= 0.6 is 11.3 Å². The lowest BCUT2D eigenvalue weighted by molar-refractivity contribution is 0.0965. The molecular weight excluding hydrogens is 358 g/mol. The molecule has 2 aromatic rings. The van der Waals surface area contributed by atoms with E-state index in [2.05, 4.69) is 10.6 Å². The molecule has 0 saturated heterocycles. The van der Waals surface area contributed by atoms with Crippen molar-refractivity contribution in [1.82, 2.24) is 9.62 Å². The van der Waals surface area contributed by atoms with E-state index < -0.39 is 11.0 Å². The van der Waals surface area contributed by atoms with Gasteiger partial charge in [-0.05, 0) is 50.3 Å². The number of rotatable bonds is 5. The molecule has 25 heavy (non-hydrogen) atoms. The van der Waals surface area contributed by atoms with Crippen LogP contribution in [0.2, 0.25) is 0 Å². The Bertz CT molecular complexity index is 874. The molecule has 8 heteroatoms. The minimum absolute atomic E-state index is 0.0950. The number of carbonyl (C=O) groups excluding carboxylic acids is 2. The van der Waals surface area contributed by atoms with Crippen molar-refractivity contribution in [1.29, 1.82) is 0 Å². The van der Waals surface area contributed by atoms with Crippen LogP contribution in [0.5, 0.6) is 0 Å². The molecule has 0 bridgehead atoms. The molecule has 1 atom stereocenters. The Kier molecular flexibility index (Phi) is 5.03. The molecule has 0 saturated carbocycles. The number of hydrogen-bond donors (Lipinski definition) is 2. The van der Waals surface area contributed by atoms with Gasteiger partial charge in [0.2, 0.25) is 0 Å². The van der Waals surface area contributed by atoms with Gasteiger partial charge < -0.3 is 10.6 Å². The van der Waals surface area contributed by atoms with Crippen LogP contribution in [0.3, 0.4) is 0 Å². The average molecular weight is 377 g/mol. The highest BCUT2D eigenvalue weighted by Gasteiger charge is 2.23. The number of anilines is 1. The molecule has 1 aromatic carbocycles. The topological polar surface area (TPSA) is 78.5 Å². The molecule has 0 aliphatic carbocycles. The highest BCUT2D eigenvalue weighted by atomic mass is 32.2. The first-order valence-corrected chi connectivity index (χ1v) is 9.77. The van der Waals surface area contributed by atoms with Crippen LogP contribution in [-0.4, -0.2) is 34.4 Å². The lowest BCUT2D eigenvalue weighted by atomic mass is 10.1. The fraction of sp³-hybridized carbons (Fsp3) is 0.294. The Labute approximate surface area is 152 Å². The molecule has 0 radical (unpaired) electrons. The summed E-state index contributed by atoms with van der Waals surface area (Å²) in [6.07, 6.45) is 0.780. The molecule has 6 nitrogen and oxygen atoms in total. The molecule has 0 spiro atoms. The molecule has 1 aromatic heterocycles. The molecule has 3 rings (SSSR count). The SMILES string of the molecule is CCc1cc(S(=O)N(C)C)c(C(=O)Nc2ccc3c(c2)CNC3=O)s1. The van der Waals surface area contributed by atoms with Crippen LogP contribution in [-0.2, 0) is 24.0 Å². The molecule has 1 aliphatic heterocycles. The number of carbonyl (C=O) groups is 2. The zero-order valence-electron chi connectivity index (χ0n) is 14.2. The lowest BCUT2D eigenvalue weighted by Gasteiger charge is -2.10. The molecule has 0 fully saturated rings. The Balaban J connectivity index is 1.88. The number of aryl methyl sites for hydroxylation is 1. The number of nitrogens with one attached hydrogen (secondary N) is 2. The standard InChI is InChI=1S/C17H19N3O3S2/c1-4-12-8-14(25(23)20(2)3)15(24-12)17(22)19-11-5-6-13-10(7-11)9-18-16(13)21/h5-8H,4,9H2,1-3H3,(H,18,21)(H,19,22). The van der Waals surface area contributed by atoms with E-state index in [4.69, 9.17) is 0 Å². The Morgan fingerprint density at radius 1 is 1.36 bits per heavy atom. The van der Waals surface area contributed by atoms with Crippen molar-refractivity contribution in [3.05, 3.63) is 45.1 Å². The first kappa shape index (κ1) is 17.8. The summed E-state index contributed by atoms with van der Waals surface area (Å²) < 4.78 is 14.0. The molecule has 1 unspecified atom stereocenters. The summed E-state index contributed by atoms with van der Waals surface area (Å²) in [4.78, 5) is 26.3. The molecule has 1 aliphatic rings. The van der Waals surface area contributed by atoms with E-state index >= 15 is 0 Å². The second kappa shape index (κ2) is 7.07. The Morgan fingerprint density at radius 3 is 2.80 bits per heavy atom. The number of benzene rings is 1. The predicted molar refractivity (Wildman–Crippen MR) is 99.4 cm³/mol. The molecule has 132 valence electrons. The minimum atomic E-state index is -1.38. The van der Waals surface area contributed by atoms with Gasteiger partial charge in [0.15, 0.2) is 0 Å². The fourth-order valence-corrected chi connectivity index (χ4v) is 4.77. The van der Waals surface area contributed by atoms with Gasteiger partial charge in [-0.15, -0.1) is 11.3 Å². The van der Waals surface area contributed by atoms with Gasteiger partial charge in [-0.1, -0.05) is 6.92 Å². The highest BCUT2D eigenvalue weighted by molar-refractivity contribution is 7.83. The largest absolute Gasteiger partial charge is 0.348 e. The van der Waals surface area contributed by atoms with Crippen molar-refractivity contribution in [2.45, 2.75) is 24.8 Å². The van der Waals surface area contributed by atoms with Crippen LogP contribution in [0, 0.1) is 0 Å². The lowest BCUT2D eigenvalue weighted by Crippen LogP contribution is -2.19. The molecule has 2 N–H and O–H groups in total. The van der Waals surface area contributed by atoms with Crippen LogP contribution in [0.1, 0.15) is 37.4 Å². The summed E-state index contributed by atoms with van der Waals surface area (Å²) in [7, 11) is 2.05. The molecular formula is C17H19N3O3S2. The van der Waals surface area contributed by atoms with Gasteiger partial charge in [0, 0.05) is 22.7 Å². The van der Waals surface area contributed by atoms with E-state index in [0.717, 1.165) is 16.9 Å². The van der Waals surface area contributed by atoms with Gasteiger partial charge in [0.25, 0.3) is 11.8 Å². The summed E-state index contributed by atoms with van der Waals surface area (Å²) in [5, 5.41) is 5.60. The maximum Gasteiger partial charge on any atom is 0.267 e. The summed E-state index contributed by atoms with van der Waals surface area (Å²) in [6.45, 7) is 2.47. The third kappa shape index (κ3) is 3.51. The van der Waals surface area contributed by atoms with E-state index in [0.29, 0.717) is 27.6 Å². The first-order valence-electron chi connectivity index (χ1n) is 7.85. The van der Waals surface area contributed by atoms with Crippen LogP contribution in [0.25, 0.3) is 0 Å². The zero-order valence-corrected chi connectivity index (χ0v) is 15.8. The van der Waals surface area contributed by atoms with Crippen molar-refractivity contribution < 1.29 is 13.8 Å². The number of amides is 2. The third-order valence-corrected chi connectivity index (χ3v) is 6.64. The van der Waals surface area contributed by atoms with Crippen molar-refractivity contribution in [3.63, 3.8) is 0 Å². The normalized spacial score (nSPS) is 14.3. The summed E-state index contributed by atoms with van der Waals surface area (Å²) in [6, 6.07) is 7.04. The van der Waals surface area contributed by atoms with Crippen molar-refractivity contribution in [3.8, 4) is 0 Å². The van der Waals surface area contributed by atoms with Gasteiger partial charge in [0.05, 0.1) is 4.90 Å². The smallest absolute Gasteiger partial charge is 0.267 e. The fourth-order valence-electron chi connectivity index (χ4n) is 2.58. The van der Waals surface area contributed by atoms with Gasteiger partial charge in [-0.2, -0.15) is 0 Å². The van der Waals surface area contributed by atoms with E-state index in [1.807, 2.05) is 13.0 Å². The predicted octanol–water partition coefficient (Wildman–Crippen LogP) is 2.39. The quantitative estimate of drug-likeness (QED) is 0.840. The van der Waals surface area contributed by atoms with Gasteiger partial charge in [-0.3, -0.25) is 9.59 Å². The van der Waals surface area contributed by atoms with E-state index in [1.165, 1.54) is 11.3 Å². The van der Waals surface area contributed by atoms with Gasteiger partial charge in [0.1, 0.15) is 15.9 Å². The van der Waals surface area contributed by atoms with Crippen LogP contribution < -0.4 is 10.6 Å². The van der Waals surface area contributed by atoms with Gasteiger partial charge in [-0.25, -0.2) is 8.51 Å². The monoisotopic (exact) mass is 377 g/mol. The minimum Gasteiger partial charge on any atom is -0.348 e. The van der Waals surface area contributed by atoms with E-state index in [1.54, 1.807) is 36.6 Å². The summed E-state index contributed by atoms with van der Waals surface area (Å²) in [5.74, 6) is -0.380. The Hall–Kier alpha value is -2.03. The van der Waals surface area contributed by atoms with E-state index in [9.17, 15) is 13.8 Å². The summed E-state index contributed by atoms with van der Waals surface area (Å²) >= 11 is 1.36. The Morgan fingerprint density at radius 2 is 2.12 bits per heavy atom. The second-order valence-electron chi connectivity index (χ2n) is 5.83. The van der Waals surface area contributed by atoms with Crippen LogP contribution in [0.4, 0.5) is 5.69 Å².